The van der Waals surface area contributed by atoms with E-state index >= 15 is 0 Å². The van der Waals surface area contributed by atoms with Gasteiger partial charge >= 0.3 is 5.69 Å². The highest BCUT2D eigenvalue weighted by molar-refractivity contribution is 8.00. The lowest BCUT2D eigenvalue weighted by Crippen LogP contribution is -2.28. The molecule has 0 aliphatic rings. The summed E-state index contributed by atoms with van der Waals surface area (Å²) < 4.78 is 0. The van der Waals surface area contributed by atoms with Crippen LogP contribution in [-0.4, -0.2) is 26.3 Å². The van der Waals surface area contributed by atoms with Crippen LogP contribution < -0.4 is 16.6 Å². The summed E-state index contributed by atoms with van der Waals surface area (Å²) in [6.45, 7) is 1.66. The van der Waals surface area contributed by atoms with Crippen LogP contribution in [0.4, 0.5) is 5.69 Å². The highest BCUT2D eigenvalue weighted by atomic mass is 32.2. The molecule has 0 fully saturated rings. The van der Waals surface area contributed by atoms with Gasteiger partial charge in [-0.25, -0.2) is 9.89 Å². The van der Waals surface area contributed by atoms with E-state index in [1.807, 2.05) is 42.5 Å². The van der Waals surface area contributed by atoms with Crippen LogP contribution >= 0.6 is 11.8 Å². The molecule has 1 atom stereocenters. The number of aromatic amines is 2. The SMILES string of the molecule is CC(Sc1n[nH]c(=O)[nH]c1=O)C(=O)Nc1cccc2ccccc12. The van der Waals surface area contributed by atoms with Gasteiger partial charge in [0.2, 0.25) is 5.91 Å². The fourth-order valence-corrected chi connectivity index (χ4v) is 2.96. The van der Waals surface area contributed by atoms with Gasteiger partial charge in [-0.2, -0.15) is 5.10 Å². The largest absolute Gasteiger partial charge is 0.342 e. The molecule has 24 heavy (non-hydrogen) atoms. The highest BCUT2D eigenvalue weighted by Crippen LogP contribution is 2.24. The Bertz CT molecular complexity index is 1010. The van der Waals surface area contributed by atoms with Gasteiger partial charge in [-0.15, -0.1) is 0 Å². The molecule has 1 unspecified atom stereocenters. The normalized spacial score (nSPS) is 12.0. The second kappa shape index (κ2) is 6.71. The van der Waals surface area contributed by atoms with Gasteiger partial charge in [0.05, 0.1) is 5.25 Å². The second-order valence-electron chi connectivity index (χ2n) is 5.09. The van der Waals surface area contributed by atoms with Crippen molar-refractivity contribution in [2.45, 2.75) is 17.2 Å². The quantitative estimate of drug-likeness (QED) is 0.626. The number of H-pyrrole nitrogens is 2. The van der Waals surface area contributed by atoms with Gasteiger partial charge in [0.25, 0.3) is 5.56 Å². The number of hydrogen-bond donors (Lipinski definition) is 3. The number of aromatic nitrogens is 3. The van der Waals surface area contributed by atoms with Crippen LogP contribution in [0.1, 0.15) is 6.92 Å². The van der Waals surface area contributed by atoms with Crippen molar-refractivity contribution in [3.05, 3.63) is 63.3 Å². The Kier molecular flexibility index (Phi) is 4.48. The monoisotopic (exact) mass is 342 g/mol. The fourth-order valence-electron chi connectivity index (χ4n) is 2.21. The molecule has 1 amide bonds. The first-order chi connectivity index (χ1) is 11.5. The van der Waals surface area contributed by atoms with Crippen molar-refractivity contribution < 1.29 is 4.79 Å². The van der Waals surface area contributed by atoms with Crippen LogP contribution in [-0.2, 0) is 4.79 Å². The summed E-state index contributed by atoms with van der Waals surface area (Å²) in [6.07, 6.45) is 0. The third kappa shape index (κ3) is 3.38. The van der Waals surface area contributed by atoms with E-state index in [0.717, 1.165) is 22.5 Å². The first-order valence-corrected chi connectivity index (χ1v) is 8.07. The van der Waals surface area contributed by atoms with Crippen molar-refractivity contribution in [1.29, 1.82) is 0 Å². The zero-order valence-electron chi connectivity index (χ0n) is 12.7. The number of carbonyl (C=O) groups excluding carboxylic acids is 1. The molecule has 0 radical (unpaired) electrons. The molecule has 0 spiro atoms. The minimum Gasteiger partial charge on any atom is -0.325 e. The van der Waals surface area contributed by atoms with Crippen molar-refractivity contribution in [3.63, 3.8) is 0 Å². The van der Waals surface area contributed by atoms with Gasteiger partial charge in [0.15, 0.2) is 5.03 Å². The maximum absolute atomic E-state index is 12.4. The number of fused-ring (bicyclic) bond motifs is 1. The Morgan fingerprint density at radius 3 is 2.71 bits per heavy atom. The smallest absolute Gasteiger partial charge is 0.325 e. The van der Waals surface area contributed by atoms with E-state index < -0.39 is 16.5 Å². The highest BCUT2D eigenvalue weighted by Gasteiger charge is 2.18. The van der Waals surface area contributed by atoms with Gasteiger partial charge in [-0.05, 0) is 18.4 Å². The lowest BCUT2D eigenvalue weighted by atomic mass is 10.1. The average Bonchev–Trinajstić information content (AvgIpc) is 2.57. The Balaban J connectivity index is 1.78. The summed E-state index contributed by atoms with van der Waals surface area (Å²) in [7, 11) is 0. The molecule has 0 aliphatic heterocycles. The number of carbonyl (C=O) groups is 1. The van der Waals surface area contributed by atoms with E-state index in [2.05, 4.69) is 20.5 Å². The molecule has 7 nitrogen and oxygen atoms in total. The molecular formula is C16H14N4O3S. The van der Waals surface area contributed by atoms with Gasteiger partial charge in [-0.1, -0.05) is 48.2 Å². The topological polar surface area (TPSA) is 108 Å². The van der Waals surface area contributed by atoms with E-state index in [4.69, 9.17) is 0 Å². The van der Waals surface area contributed by atoms with E-state index in [9.17, 15) is 14.4 Å². The summed E-state index contributed by atoms with van der Waals surface area (Å²) in [6, 6.07) is 13.4. The average molecular weight is 342 g/mol. The summed E-state index contributed by atoms with van der Waals surface area (Å²) in [5.41, 5.74) is -0.598. The molecule has 122 valence electrons. The van der Waals surface area contributed by atoms with Crippen LogP contribution in [0, 0.1) is 0 Å². The zero-order valence-corrected chi connectivity index (χ0v) is 13.5. The summed E-state index contributed by atoms with van der Waals surface area (Å²) >= 11 is 0.975. The van der Waals surface area contributed by atoms with Crippen LogP contribution in [0.5, 0.6) is 0 Å². The number of amides is 1. The number of thioether (sulfide) groups is 1. The third-order valence-electron chi connectivity index (χ3n) is 3.39. The van der Waals surface area contributed by atoms with Crippen molar-refractivity contribution in [1.82, 2.24) is 15.2 Å². The lowest BCUT2D eigenvalue weighted by Gasteiger charge is -2.12. The number of benzene rings is 2. The van der Waals surface area contributed by atoms with E-state index in [1.54, 1.807) is 6.92 Å². The molecule has 3 rings (SSSR count). The van der Waals surface area contributed by atoms with Crippen molar-refractivity contribution in [3.8, 4) is 0 Å². The zero-order chi connectivity index (χ0) is 17.1. The first-order valence-electron chi connectivity index (χ1n) is 7.19. The first kappa shape index (κ1) is 16.0. The van der Waals surface area contributed by atoms with Crippen LogP contribution in [0.25, 0.3) is 10.8 Å². The summed E-state index contributed by atoms with van der Waals surface area (Å²) in [4.78, 5) is 37.1. The Labute approximate surface area is 140 Å². The summed E-state index contributed by atoms with van der Waals surface area (Å²) in [5, 5.41) is 10.1. The maximum Gasteiger partial charge on any atom is 0.342 e. The predicted molar refractivity (Wildman–Crippen MR) is 93.4 cm³/mol. The molecular weight excluding hydrogens is 328 g/mol. The number of rotatable bonds is 4. The molecule has 0 saturated heterocycles. The van der Waals surface area contributed by atoms with Crippen LogP contribution in [0.2, 0.25) is 0 Å². The maximum atomic E-state index is 12.4. The number of nitrogens with one attached hydrogen (secondary N) is 3. The molecule has 0 saturated carbocycles. The standard InChI is InChI=1S/C16H14N4O3S/c1-9(24-15-14(22)18-16(23)20-19-15)13(21)17-12-8-4-6-10-5-2-3-7-11(10)12/h2-9H,1H3,(H,17,21)(H2,18,20,22,23). The number of hydrogen-bond acceptors (Lipinski definition) is 5. The fraction of sp³-hybridized carbons (Fsp3) is 0.125. The lowest BCUT2D eigenvalue weighted by molar-refractivity contribution is -0.115. The van der Waals surface area contributed by atoms with E-state index in [-0.39, 0.29) is 10.9 Å². The second-order valence-corrected chi connectivity index (χ2v) is 6.42. The van der Waals surface area contributed by atoms with E-state index in [0.29, 0.717) is 5.69 Å². The molecule has 2 aromatic carbocycles. The number of nitrogens with zero attached hydrogens (tertiary/aromatic N) is 1. The molecule has 0 bridgehead atoms. The van der Waals surface area contributed by atoms with E-state index in [1.165, 1.54) is 0 Å². The van der Waals surface area contributed by atoms with Crippen molar-refractivity contribution in [2.75, 3.05) is 5.32 Å². The Morgan fingerprint density at radius 2 is 1.92 bits per heavy atom. The molecule has 1 aromatic heterocycles. The van der Waals surface area contributed by atoms with Crippen LogP contribution in [0.3, 0.4) is 0 Å². The number of anilines is 1. The summed E-state index contributed by atoms with van der Waals surface area (Å²) in [5.74, 6) is -0.260. The van der Waals surface area contributed by atoms with Crippen molar-refractivity contribution >= 4 is 34.1 Å². The van der Waals surface area contributed by atoms with Crippen LogP contribution in [0.15, 0.2) is 57.1 Å². The Morgan fingerprint density at radius 1 is 1.17 bits per heavy atom. The van der Waals surface area contributed by atoms with Gasteiger partial charge < -0.3 is 5.32 Å². The molecule has 3 aromatic rings. The van der Waals surface area contributed by atoms with Crippen molar-refractivity contribution in [2.24, 2.45) is 0 Å². The predicted octanol–water partition coefficient (Wildman–Crippen LogP) is 1.73. The molecule has 0 aliphatic carbocycles. The van der Waals surface area contributed by atoms with Gasteiger partial charge in [0.1, 0.15) is 0 Å². The molecule has 1 heterocycles. The molecule has 8 heteroatoms. The molecule has 3 N–H and O–H groups in total. The minimum atomic E-state index is -0.683. The van der Waals surface area contributed by atoms with Gasteiger partial charge in [-0.3, -0.25) is 14.6 Å². The third-order valence-corrected chi connectivity index (χ3v) is 4.45. The Hall–Kier alpha value is -2.87. The minimum absolute atomic E-state index is 0.0372. The van der Waals surface area contributed by atoms with Gasteiger partial charge in [0, 0.05) is 11.1 Å².